The smallest absolute Gasteiger partial charge is 0.262 e. The summed E-state index contributed by atoms with van der Waals surface area (Å²) in [6.45, 7) is 1.61. The molecule has 0 radical (unpaired) electrons. The lowest BCUT2D eigenvalue weighted by Crippen LogP contribution is -2.15. The van der Waals surface area contributed by atoms with Crippen LogP contribution in [0.5, 0.6) is 0 Å². The highest BCUT2D eigenvalue weighted by Gasteiger charge is 2.18. The molecule has 0 unspecified atom stereocenters. The average Bonchev–Trinajstić information content (AvgIpc) is 2.40. The zero-order valence-electron chi connectivity index (χ0n) is 10.3. The lowest BCUT2D eigenvalue weighted by atomic mass is 10.2. The number of nitrogens with one attached hydrogen (secondary N) is 1. The van der Waals surface area contributed by atoms with Crippen LogP contribution >= 0.6 is 11.6 Å². The first-order chi connectivity index (χ1) is 9.42. The topological polar surface area (TPSA) is 95.7 Å². The summed E-state index contributed by atoms with van der Waals surface area (Å²) in [4.78, 5) is 0.0771. The van der Waals surface area contributed by atoms with Crippen LogP contribution in [0.4, 0.5) is 5.82 Å². The van der Waals surface area contributed by atoms with Crippen LogP contribution in [-0.4, -0.2) is 18.6 Å². The van der Waals surface area contributed by atoms with Gasteiger partial charge in [-0.1, -0.05) is 11.6 Å². The molecule has 1 N–H and O–H groups in total. The summed E-state index contributed by atoms with van der Waals surface area (Å²) in [6.07, 6.45) is 0. The van der Waals surface area contributed by atoms with E-state index >= 15 is 0 Å². The van der Waals surface area contributed by atoms with E-state index in [2.05, 4.69) is 14.9 Å². The summed E-state index contributed by atoms with van der Waals surface area (Å²) in [7, 11) is -3.79. The van der Waals surface area contributed by atoms with Crippen LogP contribution in [0.2, 0.25) is 5.15 Å². The highest BCUT2D eigenvalue weighted by molar-refractivity contribution is 7.92. The molecule has 0 aliphatic heterocycles. The lowest BCUT2D eigenvalue weighted by Gasteiger charge is -2.09. The van der Waals surface area contributed by atoms with Gasteiger partial charge >= 0.3 is 0 Å². The van der Waals surface area contributed by atoms with Gasteiger partial charge in [-0.2, -0.15) is 5.26 Å². The fraction of sp³-hybridized carbons (Fsp3) is 0.0833. The summed E-state index contributed by atoms with van der Waals surface area (Å²) in [5.74, 6) is 0.0677. The second-order valence-electron chi connectivity index (χ2n) is 3.94. The van der Waals surface area contributed by atoms with Crippen LogP contribution in [0.25, 0.3) is 0 Å². The Hall–Kier alpha value is -2.17. The SMILES string of the molecule is Cc1cc(C#N)ccc1S(=O)(=O)Nc1ccc(Cl)nn1. The number of nitriles is 1. The van der Waals surface area contributed by atoms with E-state index in [9.17, 15) is 8.42 Å². The van der Waals surface area contributed by atoms with E-state index in [0.29, 0.717) is 11.1 Å². The van der Waals surface area contributed by atoms with E-state index in [0.717, 1.165) is 0 Å². The molecule has 0 aliphatic carbocycles. The minimum absolute atomic E-state index is 0.0677. The van der Waals surface area contributed by atoms with Crippen LogP contribution < -0.4 is 4.72 Å². The van der Waals surface area contributed by atoms with Crippen molar-refractivity contribution >= 4 is 27.4 Å². The van der Waals surface area contributed by atoms with Crippen LogP contribution in [0.15, 0.2) is 35.2 Å². The van der Waals surface area contributed by atoms with Crippen molar-refractivity contribution < 1.29 is 8.42 Å². The summed E-state index contributed by atoms with van der Waals surface area (Å²) < 4.78 is 26.7. The number of hydrogen-bond donors (Lipinski definition) is 1. The molecule has 0 saturated carbocycles. The lowest BCUT2D eigenvalue weighted by molar-refractivity contribution is 0.600. The molecule has 2 aromatic rings. The second kappa shape index (κ2) is 5.45. The molecule has 0 atom stereocenters. The van der Waals surface area contributed by atoms with Gasteiger partial charge in [-0.15, -0.1) is 10.2 Å². The van der Waals surface area contributed by atoms with Crippen molar-refractivity contribution in [1.82, 2.24) is 10.2 Å². The van der Waals surface area contributed by atoms with Crippen molar-refractivity contribution in [3.63, 3.8) is 0 Å². The number of rotatable bonds is 3. The largest absolute Gasteiger partial charge is 0.263 e. The van der Waals surface area contributed by atoms with Crippen LogP contribution in [0.1, 0.15) is 11.1 Å². The van der Waals surface area contributed by atoms with E-state index in [-0.39, 0.29) is 15.9 Å². The van der Waals surface area contributed by atoms with Crippen LogP contribution in [-0.2, 0) is 10.0 Å². The molecule has 8 heteroatoms. The number of anilines is 1. The Morgan fingerprint density at radius 2 is 2.00 bits per heavy atom. The maximum atomic E-state index is 12.2. The number of aryl methyl sites for hydroxylation is 1. The molecule has 2 rings (SSSR count). The molecule has 0 bridgehead atoms. The predicted octanol–water partition coefficient (Wildman–Crippen LogP) is 2.11. The molecule has 0 spiro atoms. The summed E-state index contributed by atoms with van der Waals surface area (Å²) in [6, 6.07) is 9.10. The van der Waals surface area contributed by atoms with E-state index in [1.165, 1.54) is 30.3 Å². The average molecular weight is 309 g/mol. The third-order valence-electron chi connectivity index (χ3n) is 2.46. The predicted molar refractivity (Wildman–Crippen MR) is 73.7 cm³/mol. The molecule has 102 valence electrons. The number of sulfonamides is 1. The summed E-state index contributed by atoms with van der Waals surface area (Å²) >= 11 is 5.58. The van der Waals surface area contributed by atoms with Gasteiger partial charge in [0.25, 0.3) is 10.0 Å². The third kappa shape index (κ3) is 3.04. The first kappa shape index (κ1) is 14.2. The summed E-state index contributed by atoms with van der Waals surface area (Å²) in [5, 5.41) is 16.1. The van der Waals surface area contributed by atoms with E-state index in [1.54, 1.807) is 6.92 Å². The van der Waals surface area contributed by atoms with E-state index < -0.39 is 10.0 Å². The maximum absolute atomic E-state index is 12.2. The molecular weight excluding hydrogens is 300 g/mol. The quantitative estimate of drug-likeness (QED) is 0.936. The number of nitrogens with zero attached hydrogens (tertiary/aromatic N) is 3. The van der Waals surface area contributed by atoms with Crippen LogP contribution in [0, 0.1) is 18.3 Å². The third-order valence-corrected chi connectivity index (χ3v) is 4.18. The molecular formula is C12H9ClN4O2S. The zero-order valence-corrected chi connectivity index (χ0v) is 11.9. The number of aromatic nitrogens is 2. The minimum atomic E-state index is -3.79. The molecule has 1 aromatic carbocycles. The van der Waals surface area contributed by atoms with Crippen molar-refractivity contribution in [2.24, 2.45) is 0 Å². The Kier molecular flexibility index (Phi) is 3.88. The van der Waals surface area contributed by atoms with Gasteiger partial charge in [-0.3, -0.25) is 4.72 Å². The van der Waals surface area contributed by atoms with Crippen molar-refractivity contribution in [1.29, 1.82) is 5.26 Å². The minimum Gasteiger partial charge on any atom is -0.262 e. The van der Waals surface area contributed by atoms with Crippen molar-refractivity contribution in [2.75, 3.05) is 4.72 Å². The maximum Gasteiger partial charge on any atom is 0.263 e. The molecule has 0 saturated heterocycles. The molecule has 1 aromatic heterocycles. The first-order valence-electron chi connectivity index (χ1n) is 5.45. The summed E-state index contributed by atoms with van der Waals surface area (Å²) in [5.41, 5.74) is 0.867. The first-order valence-corrected chi connectivity index (χ1v) is 7.31. The van der Waals surface area contributed by atoms with E-state index in [1.807, 2.05) is 6.07 Å². The Bertz CT molecular complexity index is 782. The Balaban J connectivity index is 2.36. The zero-order chi connectivity index (χ0) is 14.8. The molecule has 0 aliphatic rings. The van der Waals surface area contributed by atoms with Gasteiger partial charge in [0.1, 0.15) is 0 Å². The molecule has 6 nitrogen and oxygen atoms in total. The number of halogens is 1. The van der Waals surface area contributed by atoms with Crippen molar-refractivity contribution in [3.05, 3.63) is 46.6 Å². The monoisotopic (exact) mass is 308 g/mol. The van der Waals surface area contributed by atoms with Gasteiger partial charge in [0.15, 0.2) is 11.0 Å². The van der Waals surface area contributed by atoms with Gasteiger partial charge in [0.2, 0.25) is 0 Å². The Morgan fingerprint density at radius 1 is 1.25 bits per heavy atom. The Morgan fingerprint density at radius 3 is 2.55 bits per heavy atom. The standard InChI is InChI=1S/C12H9ClN4O2S/c1-8-6-9(7-14)2-3-10(8)20(18,19)17-12-5-4-11(13)15-16-12/h2-6H,1H3,(H,16,17). The van der Waals surface area contributed by atoms with Gasteiger partial charge in [-0.05, 0) is 42.8 Å². The van der Waals surface area contributed by atoms with Gasteiger partial charge < -0.3 is 0 Å². The highest BCUT2D eigenvalue weighted by Crippen LogP contribution is 2.19. The highest BCUT2D eigenvalue weighted by atomic mass is 35.5. The molecule has 20 heavy (non-hydrogen) atoms. The van der Waals surface area contributed by atoms with Crippen molar-refractivity contribution in [2.45, 2.75) is 11.8 Å². The van der Waals surface area contributed by atoms with Gasteiger partial charge in [0.05, 0.1) is 16.5 Å². The molecule has 1 heterocycles. The van der Waals surface area contributed by atoms with E-state index in [4.69, 9.17) is 16.9 Å². The fourth-order valence-electron chi connectivity index (χ4n) is 1.58. The molecule has 0 fully saturated rings. The number of hydrogen-bond acceptors (Lipinski definition) is 5. The fourth-order valence-corrected chi connectivity index (χ4v) is 2.91. The normalized spacial score (nSPS) is 10.8. The van der Waals surface area contributed by atoms with Crippen LogP contribution in [0.3, 0.4) is 0 Å². The van der Waals surface area contributed by atoms with Gasteiger partial charge in [0, 0.05) is 0 Å². The number of benzene rings is 1. The van der Waals surface area contributed by atoms with Crippen molar-refractivity contribution in [3.8, 4) is 6.07 Å². The Labute approximate surface area is 121 Å². The van der Waals surface area contributed by atoms with Gasteiger partial charge in [-0.25, -0.2) is 8.42 Å². The second-order valence-corrected chi connectivity index (χ2v) is 5.98. The molecule has 0 amide bonds.